The SMILES string of the molecule is CCOC1(C(=O)Cc2ncnn2C)CCCCCC1. The number of rotatable bonds is 5. The molecule has 0 saturated heterocycles. The van der Waals surface area contributed by atoms with Crippen LogP contribution in [-0.2, 0) is 23.0 Å². The molecule has 0 spiro atoms. The maximum atomic E-state index is 12.7. The zero-order valence-electron chi connectivity index (χ0n) is 11.9. The molecule has 1 aliphatic rings. The third kappa shape index (κ3) is 3.21. The third-order valence-electron chi connectivity index (χ3n) is 3.96. The fourth-order valence-electron chi connectivity index (χ4n) is 2.86. The minimum atomic E-state index is -0.586. The standard InChI is InChI=1S/C14H23N3O2/c1-3-19-14(8-6-4-5-7-9-14)12(18)10-13-15-11-16-17(13)2/h11H,3-10H2,1-2H3. The third-order valence-corrected chi connectivity index (χ3v) is 3.96. The summed E-state index contributed by atoms with van der Waals surface area (Å²) in [5.41, 5.74) is -0.586. The second-order valence-electron chi connectivity index (χ2n) is 5.24. The van der Waals surface area contributed by atoms with Crippen molar-refractivity contribution in [3.8, 4) is 0 Å². The van der Waals surface area contributed by atoms with Crippen LogP contribution in [0.1, 0.15) is 51.3 Å². The summed E-state index contributed by atoms with van der Waals surface area (Å²) in [4.78, 5) is 16.8. The Kier molecular flexibility index (Phi) is 4.69. The number of aromatic nitrogens is 3. The Hall–Kier alpha value is -1.23. The molecule has 5 heteroatoms. The van der Waals surface area contributed by atoms with E-state index in [-0.39, 0.29) is 5.78 Å². The number of ether oxygens (including phenoxy) is 1. The Labute approximate surface area is 114 Å². The van der Waals surface area contributed by atoms with E-state index in [1.165, 1.54) is 19.2 Å². The van der Waals surface area contributed by atoms with Crippen molar-refractivity contribution in [2.75, 3.05) is 6.61 Å². The summed E-state index contributed by atoms with van der Waals surface area (Å²) in [6.07, 6.45) is 8.04. The highest BCUT2D eigenvalue weighted by Gasteiger charge is 2.39. The Bertz CT molecular complexity index is 420. The smallest absolute Gasteiger partial charge is 0.172 e. The van der Waals surface area contributed by atoms with E-state index in [1.807, 2.05) is 14.0 Å². The van der Waals surface area contributed by atoms with Crippen LogP contribution in [0.4, 0.5) is 0 Å². The summed E-state index contributed by atoms with van der Waals surface area (Å²) >= 11 is 0. The second-order valence-corrected chi connectivity index (χ2v) is 5.24. The van der Waals surface area contributed by atoms with Gasteiger partial charge in [-0.15, -0.1) is 0 Å². The first-order valence-corrected chi connectivity index (χ1v) is 7.18. The molecule has 1 fully saturated rings. The molecule has 1 aliphatic carbocycles. The van der Waals surface area contributed by atoms with E-state index >= 15 is 0 Å². The first kappa shape index (κ1) is 14.2. The Morgan fingerprint density at radius 1 is 1.37 bits per heavy atom. The van der Waals surface area contributed by atoms with Gasteiger partial charge < -0.3 is 4.74 Å². The fourth-order valence-corrected chi connectivity index (χ4v) is 2.86. The van der Waals surface area contributed by atoms with Crippen molar-refractivity contribution in [1.29, 1.82) is 0 Å². The van der Waals surface area contributed by atoms with Crippen LogP contribution in [0.2, 0.25) is 0 Å². The largest absolute Gasteiger partial charge is 0.367 e. The van der Waals surface area contributed by atoms with Gasteiger partial charge in [0.2, 0.25) is 0 Å². The summed E-state index contributed by atoms with van der Waals surface area (Å²) in [6.45, 7) is 2.55. The second kappa shape index (κ2) is 6.28. The van der Waals surface area contributed by atoms with Crippen molar-refractivity contribution in [2.24, 2.45) is 7.05 Å². The highest BCUT2D eigenvalue weighted by molar-refractivity contribution is 5.88. The van der Waals surface area contributed by atoms with Crippen molar-refractivity contribution in [3.05, 3.63) is 12.2 Å². The number of carbonyl (C=O) groups excluding carboxylic acids is 1. The van der Waals surface area contributed by atoms with Gasteiger partial charge in [0.1, 0.15) is 17.8 Å². The minimum Gasteiger partial charge on any atom is -0.367 e. The molecular weight excluding hydrogens is 242 g/mol. The molecule has 19 heavy (non-hydrogen) atoms. The molecule has 1 saturated carbocycles. The Morgan fingerprint density at radius 3 is 2.58 bits per heavy atom. The van der Waals surface area contributed by atoms with E-state index in [1.54, 1.807) is 4.68 Å². The van der Waals surface area contributed by atoms with Crippen molar-refractivity contribution in [1.82, 2.24) is 14.8 Å². The quantitative estimate of drug-likeness (QED) is 0.765. The Morgan fingerprint density at radius 2 is 2.05 bits per heavy atom. The summed E-state index contributed by atoms with van der Waals surface area (Å²) in [5, 5.41) is 4.01. The van der Waals surface area contributed by atoms with Crippen molar-refractivity contribution >= 4 is 5.78 Å². The van der Waals surface area contributed by atoms with Crippen LogP contribution in [0.3, 0.4) is 0 Å². The topological polar surface area (TPSA) is 57.0 Å². The molecule has 0 aromatic carbocycles. The van der Waals surface area contributed by atoms with Crippen LogP contribution in [-0.4, -0.2) is 32.8 Å². The van der Waals surface area contributed by atoms with Crippen LogP contribution in [0.5, 0.6) is 0 Å². The average Bonchev–Trinajstić information content (AvgIpc) is 2.66. The van der Waals surface area contributed by atoms with E-state index in [9.17, 15) is 4.79 Å². The zero-order chi connectivity index (χ0) is 13.7. The monoisotopic (exact) mass is 265 g/mol. The molecule has 106 valence electrons. The van der Waals surface area contributed by atoms with E-state index in [2.05, 4.69) is 10.1 Å². The number of hydrogen-bond acceptors (Lipinski definition) is 4. The van der Waals surface area contributed by atoms with Gasteiger partial charge >= 0.3 is 0 Å². The van der Waals surface area contributed by atoms with Crippen LogP contribution >= 0.6 is 0 Å². The van der Waals surface area contributed by atoms with Crippen molar-refractivity contribution in [2.45, 2.75) is 57.5 Å². The van der Waals surface area contributed by atoms with Gasteiger partial charge in [-0.25, -0.2) is 4.98 Å². The van der Waals surface area contributed by atoms with Gasteiger partial charge in [0.15, 0.2) is 5.78 Å². The highest BCUT2D eigenvalue weighted by Crippen LogP contribution is 2.32. The summed E-state index contributed by atoms with van der Waals surface area (Å²) in [5.74, 6) is 0.876. The van der Waals surface area contributed by atoms with E-state index in [0.29, 0.717) is 18.9 Å². The lowest BCUT2D eigenvalue weighted by Crippen LogP contribution is -2.42. The molecule has 1 aromatic heterocycles. The number of Topliss-reactive ketones (excluding diaryl/α,β-unsaturated/α-hetero) is 1. The molecular formula is C14H23N3O2. The predicted octanol–water partition coefficient (Wildman–Crippen LogP) is 2.06. The van der Waals surface area contributed by atoms with Crippen molar-refractivity contribution in [3.63, 3.8) is 0 Å². The number of ketones is 1. The van der Waals surface area contributed by atoms with Gasteiger partial charge in [-0.05, 0) is 19.8 Å². The van der Waals surface area contributed by atoms with Gasteiger partial charge in [-0.2, -0.15) is 5.10 Å². The number of hydrogen-bond donors (Lipinski definition) is 0. The molecule has 5 nitrogen and oxygen atoms in total. The van der Waals surface area contributed by atoms with E-state index in [0.717, 1.165) is 25.7 Å². The number of carbonyl (C=O) groups is 1. The molecule has 0 unspecified atom stereocenters. The van der Waals surface area contributed by atoms with E-state index < -0.39 is 5.60 Å². The molecule has 0 N–H and O–H groups in total. The maximum Gasteiger partial charge on any atom is 0.172 e. The normalized spacial score (nSPS) is 19.1. The average molecular weight is 265 g/mol. The Balaban J connectivity index is 2.13. The fraction of sp³-hybridized carbons (Fsp3) is 0.786. The van der Waals surface area contributed by atoms with Gasteiger partial charge in [-0.1, -0.05) is 25.7 Å². The number of nitrogens with zero attached hydrogens (tertiary/aromatic N) is 3. The molecule has 0 radical (unpaired) electrons. The summed E-state index contributed by atoms with van der Waals surface area (Å²) < 4.78 is 7.55. The number of aryl methyl sites for hydroxylation is 1. The summed E-state index contributed by atoms with van der Waals surface area (Å²) in [7, 11) is 1.82. The molecule has 1 heterocycles. The molecule has 2 rings (SSSR count). The van der Waals surface area contributed by atoms with Gasteiger partial charge in [0.05, 0.1) is 6.42 Å². The van der Waals surface area contributed by atoms with E-state index in [4.69, 9.17) is 4.74 Å². The lowest BCUT2D eigenvalue weighted by atomic mass is 9.87. The lowest BCUT2D eigenvalue weighted by molar-refractivity contribution is -0.145. The molecule has 0 bridgehead atoms. The van der Waals surface area contributed by atoms with Crippen LogP contribution in [0.25, 0.3) is 0 Å². The maximum absolute atomic E-state index is 12.7. The first-order chi connectivity index (χ1) is 9.18. The van der Waals surface area contributed by atoms with Gasteiger partial charge in [-0.3, -0.25) is 9.48 Å². The zero-order valence-corrected chi connectivity index (χ0v) is 11.9. The lowest BCUT2D eigenvalue weighted by Gasteiger charge is -2.31. The predicted molar refractivity (Wildman–Crippen MR) is 71.8 cm³/mol. The van der Waals surface area contributed by atoms with Gasteiger partial charge in [0, 0.05) is 13.7 Å². The molecule has 0 atom stereocenters. The summed E-state index contributed by atoms with van der Waals surface area (Å²) in [6, 6.07) is 0. The van der Waals surface area contributed by atoms with Crippen LogP contribution in [0, 0.1) is 0 Å². The van der Waals surface area contributed by atoms with Gasteiger partial charge in [0.25, 0.3) is 0 Å². The van der Waals surface area contributed by atoms with Crippen LogP contribution < -0.4 is 0 Å². The minimum absolute atomic E-state index is 0.160. The first-order valence-electron chi connectivity index (χ1n) is 7.18. The molecule has 1 aromatic rings. The molecule has 0 amide bonds. The highest BCUT2D eigenvalue weighted by atomic mass is 16.5. The van der Waals surface area contributed by atoms with Crippen LogP contribution in [0.15, 0.2) is 6.33 Å². The molecule has 0 aliphatic heterocycles. The van der Waals surface area contributed by atoms with Crippen molar-refractivity contribution < 1.29 is 9.53 Å².